The van der Waals surface area contributed by atoms with Crippen LogP contribution in [0.2, 0.25) is 0 Å². The summed E-state index contributed by atoms with van der Waals surface area (Å²) in [6, 6.07) is 5.95. The number of hydrogen-bond donors (Lipinski definition) is 1. The summed E-state index contributed by atoms with van der Waals surface area (Å²) in [6.07, 6.45) is 2.52. The Morgan fingerprint density at radius 2 is 2.24 bits per heavy atom. The Hall–Kier alpha value is -1.51. The molecule has 1 aromatic carbocycles. The highest BCUT2D eigenvalue weighted by Gasteiger charge is 2.15. The van der Waals surface area contributed by atoms with Crippen LogP contribution in [-0.4, -0.2) is 12.5 Å². The molecule has 3 heteroatoms. The minimum Gasteiger partial charge on any atom is -0.493 e. The van der Waals surface area contributed by atoms with E-state index in [1.54, 1.807) is 0 Å². The molecule has 0 saturated heterocycles. The molecule has 0 saturated carbocycles. The number of aryl methyl sites for hydroxylation is 1. The molecule has 0 fully saturated rings. The molecule has 1 amide bonds. The van der Waals surface area contributed by atoms with E-state index in [0.717, 1.165) is 30.9 Å². The normalized spacial score (nSPS) is 16.0. The summed E-state index contributed by atoms with van der Waals surface area (Å²) in [5.74, 6) is 1.49. The van der Waals surface area contributed by atoms with Gasteiger partial charge in [-0.15, -0.1) is 0 Å². The van der Waals surface area contributed by atoms with E-state index in [1.807, 2.05) is 18.2 Å². The van der Waals surface area contributed by atoms with Gasteiger partial charge in [-0.3, -0.25) is 4.79 Å². The maximum absolute atomic E-state index is 11.3. The van der Waals surface area contributed by atoms with Gasteiger partial charge in [0.1, 0.15) is 5.75 Å². The van der Waals surface area contributed by atoms with Crippen LogP contribution in [0.15, 0.2) is 18.2 Å². The summed E-state index contributed by atoms with van der Waals surface area (Å²) >= 11 is 0. The molecule has 1 aliphatic rings. The molecule has 1 aliphatic heterocycles. The van der Waals surface area contributed by atoms with E-state index in [4.69, 9.17) is 4.74 Å². The maximum atomic E-state index is 11.3. The number of benzene rings is 1. The lowest BCUT2D eigenvalue weighted by Gasteiger charge is -2.18. The minimum absolute atomic E-state index is 0.0941. The Bertz CT molecular complexity index is 415. The van der Waals surface area contributed by atoms with E-state index >= 15 is 0 Å². The van der Waals surface area contributed by atoms with Crippen LogP contribution in [0.1, 0.15) is 32.3 Å². The smallest absolute Gasteiger partial charge is 0.224 e. The van der Waals surface area contributed by atoms with Crippen LogP contribution < -0.4 is 10.1 Å². The number of carbonyl (C=O) groups is 1. The summed E-state index contributed by atoms with van der Waals surface area (Å²) in [5, 5.41) is 2.88. The van der Waals surface area contributed by atoms with Gasteiger partial charge < -0.3 is 10.1 Å². The van der Waals surface area contributed by atoms with Crippen molar-refractivity contribution in [3.63, 3.8) is 0 Å². The third-order valence-corrected chi connectivity index (χ3v) is 3.21. The Labute approximate surface area is 102 Å². The molecule has 0 aromatic heterocycles. The molecule has 2 rings (SSSR count). The molecular formula is C14H19NO2. The number of fused-ring (bicyclic) bond motifs is 1. The van der Waals surface area contributed by atoms with Crippen LogP contribution >= 0.6 is 0 Å². The molecule has 3 nitrogen and oxygen atoms in total. The second-order valence-corrected chi connectivity index (χ2v) is 4.69. The van der Waals surface area contributed by atoms with E-state index < -0.39 is 0 Å². The van der Waals surface area contributed by atoms with Crippen molar-refractivity contribution in [2.75, 3.05) is 11.9 Å². The minimum atomic E-state index is 0.0941. The lowest BCUT2D eigenvalue weighted by molar-refractivity contribution is -0.116. The van der Waals surface area contributed by atoms with Gasteiger partial charge in [-0.2, -0.15) is 0 Å². The van der Waals surface area contributed by atoms with E-state index in [0.29, 0.717) is 12.3 Å². The highest BCUT2D eigenvalue weighted by molar-refractivity contribution is 5.94. The summed E-state index contributed by atoms with van der Waals surface area (Å²) in [7, 11) is 0. The zero-order valence-corrected chi connectivity index (χ0v) is 10.5. The largest absolute Gasteiger partial charge is 0.493 e. The molecule has 17 heavy (non-hydrogen) atoms. The van der Waals surface area contributed by atoms with Gasteiger partial charge in [-0.25, -0.2) is 0 Å². The SMILES string of the molecule is CCC(C)COc1ccc2c(c1)NC(=O)CC2. The zero-order chi connectivity index (χ0) is 12.3. The summed E-state index contributed by atoms with van der Waals surface area (Å²) in [5.41, 5.74) is 2.10. The third-order valence-electron chi connectivity index (χ3n) is 3.21. The number of hydrogen-bond acceptors (Lipinski definition) is 2. The topological polar surface area (TPSA) is 38.3 Å². The van der Waals surface area contributed by atoms with Crippen molar-refractivity contribution < 1.29 is 9.53 Å². The van der Waals surface area contributed by atoms with Crippen molar-refractivity contribution in [1.82, 2.24) is 0 Å². The highest BCUT2D eigenvalue weighted by Crippen LogP contribution is 2.27. The lowest BCUT2D eigenvalue weighted by atomic mass is 10.0. The van der Waals surface area contributed by atoms with Gasteiger partial charge in [-0.05, 0) is 24.0 Å². The Balaban J connectivity index is 2.05. The Morgan fingerprint density at radius 1 is 1.41 bits per heavy atom. The van der Waals surface area contributed by atoms with Crippen molar-refractivity contribution in [3.8, 4) is 5.75 Å². The van der Waals surface area contributed by atoms with Gasteiger partial charge in [0, 0.05) is 18.2 Å². The van der Waals surface area contributed by atoms with Crippen molar-refractivity contribution in [3.05, 3.63) is 23.8 Å². The first-order valence-corrected chi connectivity index (χ1v) is 6.24. The fourth-order valence-electron chi connectivity index (χ4n) is 1.80. The van der Waals surface area contributed by atoms with Gasteiger partial charge in [0.05, 0.1) is 6.61 Å². The molecule has 0 spiro atoms. The number of rotatable bonds is 4. The first-order chi connectivity index (χ1) is 8.19. The van der Waals surface area contributed by atoms with Crippen molar-refractivity contribution in [2.45, 2.75) is 33.1 Å². The second-order valence-electron chi connectivity index (χ2n) is 4.69. The van der Waals surface area contributed by atoms with Crippen LogP contribution in [0.25, 0.3) is 0 Å². The zero-order valence-electron chi connectivity index (χ0n) is 10.5. The number of nitrogens with one attached hydrogen (secondary N) is 1. The van der Waals surface area contributed by atoms with E-state index in [1.165, 1.54) is 5.56 Å². The first kappa shape index (κ1) is 12.0. The molecule has 0 bridgehead atoms. The molecule has 0 radical (unpaired) electrons. The first-order valence-electron chi connectivity index (χ1n) is 6.24. The van der Waals surface area contributed by atoms with Crippen molar-refractivity contribution >= 4 is 11.6 Å². The lowest BCUT2D eigenvalue weighted by Crippen LogP contribution is -2.19. The molecule has 1 atom stereocenters. The van der Waals surface area contributed by atoms with Crippen LogP contribution in [0.4, 0.5) is 5.69 Å². The van der Waals surface area contributed by atoms with Crippen LogP contribution in [0, 0.1) is 5.92 Å². The predicted octanol–water partition coefficient (Wildman–Crippen LogP) is 3.00. The standard InChI is InChI=1S/C14H19NO2/c1-3-10(2)9-17-12-6-4-11-5-7-14(16)15-13(11)8-12/h4,6,8,10H,3,5,7,9H2,1-2H3,(H,15,16). The molecule has 92 valence electrons. The summed E-state index contributed by atoms with van der Waals surface area (Å²) < 4.78 is 5.71. The van der Waals surface area contributed by atoms with Gasteiger partial charge in [0.2, 0.25) is 5.91 Å². The average Bonchev–Trinajstić information content (AvgIpc) is 2.35. The number of anilines is 1. The average molecular weight is 233 g/mol. The van der Waals surface area contributed by atoms with Gasteiger partial charge in [-0.1, -0.05) is 26.3 Å². The Morgan fingerprint density at radius 3 is 3.00 bits per heavy atom. The highest BCUT2D eigenvalue weighted by atomic mass is 16.5. The molecular weight excluding hydrogens is 214 g/mol. The third kappa shape index (κ3) is 2.99. The van der Waals surface area contributed by atoms with Crippen LogP contribution in [-0.2, 0) is 11.2 Å². The second kappa shape index (κ2) is 5.21. The number of carbonyl (C=O) groups excluding carboxylic acids is 1. The van der Waals surface area contributed by atoms with E-state index in [-0.39, 0.29) is 5.91 Å². The monoisotopic (exact) mass is 233 g/mol. The van der Waals surface area contributed by atoms with E-state index in [2.05, 4.69) is 19.2 Å². The Kier molecular flexibility index (Phi) is 3.67. The number of ether oxygens (including phenoxy) is 1. The molecule has 0 aliphatic carbocycles. The molecule has 1 heterocycles. The van der Waals surface area contributed by atoms with Gasteiger partial charge in [0.25, 0.3) is 0 Å². The van der Waals surface area contributed by atoms with Gasteiger partial charge >= 0.3 is 0 Å². The van der Waals surface area contributed by atoms with Crippen molar-refractivity contribution in [1.29, 1.82) is 0 Å². The predicted molar refractivity (Wildman–Crippen MR) is 68.3 cm³/mol. The molecule has 1 aromatic rings. The summed E-state index contributed by atoms with van der Waals surface area (Å²) in [4.78, 5) is 11.3. The van der Waals surface area contributed by atoms with Gasteiger partial charge in [0.15, 0.2) is 0 Å². The molecule has 1 N–H and O–H groups in total. The van der Waals surface area contributed by atoms with Crippen molar-refractivity contribution in [2.24, 2.45) is 5.92 Å². The fourth-order valence-corrected chi connectivity index (χ4v) is 1.80. The molecule has 1 unspecified atom stereocenters. The number of amides is 1. The maximum Gasteiger partial charge on any atom is 0.224 e. The summed E-state index contributed by atoms with van der Waals surface area (Å²) in [6.45, 7) is 5.05. The van der Waals surface area contributed by atoms with Crippen LogP contribution in [0.3, 0.4) is 0 Å². The fraction of sp³-hybridized carbons (Fsp3) is 0.500. The van der Waals surface area contributed by atoms with E-state index in [9.17, 15) is 4.79 Å². The van der Waals surface area contributed by atoms with Crippen LogP contribution in [0.5, 0.6) is 5.75 Å². The quantitative estimate of drug-likeness (QED) is 0.868.